The number of phenolic OH excluding ortho intramolecular Hbond substituents is 1. The van der Waals surface area contributed by atoms with Crippen molar-refractivity contribution in [2.24, 2.45) is 17.6 Å². The van der Waals surface area contributed by atoms with Crippen LogP contribution in [0.4, 0.5) is 5.69 Å². The van der Waals surface area contributed by atoms with Gasteiger partial charge in [0.1, 0.15) is 22.8 Å². The molecule has 43 heavy (non-hydrogen) atoms. The molecule has 3 aliphatic rings. The molecule has 1 amide bonds. The number of nitrogens with one attached hydrogen (secondary N) is 1. The molecule has 4 atom stereocenters. The number of aliphatic hydroxyl groups excluding tert-OH is 2. The molecule has 0 heterocycles. The predicted molar refractivity (Wildman–Crippen MR) is 160 cm³/mol. The Bertz CT molecular complexity index is 1560. The molecule has 0 spiro atoms. The molecule has 0 aliphatic heterocycles. The summed E-state index contributed by atoms with van der Waals surface area (Å²) in [6.45, 7) is 0.904. The highest BCUT2D eigenvalue weighted by atomic mass is 16.3. The van der Waals surface area contributed by atoms with Gasteiger partial charge in [0.25, 0.3) is 5.91 Å². The van der Waals surface area contributed by atoms with Crippen molar-refractivity contribution in [1.82, 2.24) is 10.2 Å². The Hall–Kier alpha value is -4.19. The van der Waals surface area contributed by atoms with Crippen LogP contribution in [0.1, 0.15) is 33.5 Å². The molecule has 11 heteroatoms. The fourth-order valence-electron chi connectivity index (χ4n) is 6.99. The van der Waals surface area contributed by atoms with Crippen LogP contribution in [-0.4, -0.2) is 89.2 Å². The lowest BCUT2D eigenvalue weighted by Crippen LogP contribution is -2.63. The second-order valence-corrected chi connectivity index (χ2v) is 12.0. The zero-order chi connectivity index (χ0) is 31.4. The van der Waals surface area contributed by atoms with Crippen LogP contribution in [0.5, 0.6) is 5.75 Å². The summed E-state index contributed by atoms with van der Waals surface area (Å²) < 4.78 is 0. The number of carbonyl (C=O) groups excluding carboxylic acids is 3. The van der Waals surface area contributed by atoms with Crippen LogP contribution >= 0.6 is 0 Å². The summed E-state index contributed by atoms with van der Waals surface area (Å²) in [5, 5.41) is 49.0. The minimum atomic E-state index is -2.67. The van der Waals surface area contributed by atoms with Gasteiger partial charge in [-0.25, -0.2) is 0 Å². The smallest absolute Gasteiger partial charge is 0.255 e. The molecule has 0 aromatic heterocycles. The molecule has 0 saturated carbocycles. The lowest BCUT2D eigenvalue weighted by molar-refractivity contribution is -0.148. The fraction of sp³-hybridized carbons (Fsp3) is 0.406. The zero-order valence-electron chi connectivity index (χ0n) is 24.7. The number of rotatable bonds is 8. The SMILES string of the molecule is CN(C)c1cc(CNCCc2ccccc2)c(O)c2c1C[C@H]1C[C@@H]3C(N(C)C)C(O)=C(C(N)=O)C(=O)[C@@]3(O)C(O)=C1C2=O. The van der Waals surface area contributed by atoms with E-state index in [4.69, 9.17) is 5.73 Å². The standard InChI is InChI=1S/C32H38N4O7/c1-35(2)21-14-18(15-34-11-10-16-8-6-5-7-9-16)26(37)23-19(21)12-17-13-20-25(36(3)4)28(39)24(31(33)42)30(41)32(20,43)29(40)22(17)27(23)38/h5-9,14,17,20,25,34,37,39-40,43H,10-13,15H2,1-4H3,(H2,33,42)/t17-,20+,25?,32-/m0/s1. The number of carbonyl (C=O) groups is 3. The van der Waals surface area contributed by atoms with Crippen LogP contribution < -0.4 is 16.0 Å². The molecule has 0 fully saturated rings. The number of allylic oxidation sites excluding steroid dienone is 1. The highest BCUT2D eigenvalue weighted by molar-refractivity contribution is 6.25. The van der Waals surface area contributed by atoms with Gasteiger partial charge in [-0.3, -0.25) is 19.3 Å². The Labute approximate surface area is 249 Å². The molecule has 11 nitrogen and oxygen atoms in total. The molecule has 2 aromatic carbocycles. The van der Waals surface area contributed by atoms with Crippen molar-refractivity contribution in [1.29, 1.82) is 0 Å². The van der Waals surface area contributed by atoms with Gasteiger partial charge in [0.2, 0.25) is 5.78 Å². The van der Waals surface area contributed by atoms with Crippen LogP contribution in [0.2, 0.25) is 0 Å². The third-order valence-electron chi connectivity index (χ3n) is 9.01. The van der Waals surface area contributed by atoms with Crippen molar-refractivity contribution in [3.63, 3.8) is 0 Å². The number of benzene rings is 2. The van der Waals surface area contributed by atoms with Crippen LogP contribution in [-0.2, 0) is 29.0 Å². The number of aromatic hydroxyl groups is 1. The van der Waals surface area contributed by atoms with Crippen molar-refractivity contribution in [3.8, 4) is 5.75 Å². The van der Waals surface area contributed by atoms with Crippen LogP contribution in [0.15, 0.2) is 59.1 Å². The Morgan fingerprint density at radius 1 is 1.09 bits per heavy atom. The number of hydrogen-bond acceptors (Lipinski definition) is 10. The monoisotopic (exact) mass is 590 g/mol. The summed E-state index contributed by atoms with van der Waals surface area (Å²) in [7, 11) is 6.88. The zero-order valence-corrected chi connectivity index (χ0v) is 24.7. The summed E-state index contributed by atoms with van der Waals surface area (Å²) in [6, 6.07) is 10.8. The van der Waals surface area contributed by atoms with Gasteiger partial charge in [-0.15, -0.1) is 0 Å². The van der Waals surface area contributed by atoms with Gasteiger partial charge in [-0.2, -0.15) is 0 Å². The van der Waals surface area contributed by atoms with Crippen molar-refractivity contribution < 1.29 is 34.8 Å². The van der Waals surface area contributed by atoms with E-state index in [2.05, 4.69) is 5.32 Å². The van der Waals surface area contributed by atoms with Crippen LogP contribution in [0, 0.1) is 11.8 Å². The highest BCUT2D eigenvalue weighted by Crippen LogP contribution is 2.53. The van der Waals surface area contributed by atoms with Crippen molar-refractivity contribution in [3.05, 3.63) is 81.3 Å². The molecule has 3 aliphatic carbocycles. The average Bonchev–Trinajstić information content (AvgIpc) is 2.94. The van der Waals surface area contributed by atoms with Crippen molar-refractivity contribution >= 4 is 23.2 Å². The van der Waals surface area contributed by atoms with E-state index >= 15 is 0 Å². The van der Waals surface area contributed by atoms with E-state index in [1.165, 1.54) is 4.90 Å². The van der Waals surface area contributed by atoms with Crippen molar-refractivity contribution in [2.75, 3.05) is 39.6 Å². The molecule has 228 valence electrons. The quantitative estimate of drug-likeness (QED) is 0.195. The number of primary amides is 1. The number of likely N-dealkylation sites (N-methyl/N-ethyl adjacent to an activating group) is 1. The van der Waals surface area contributed by atoms with Gasteiger partial charge in [-0.05, 0) is 63.0 Å². The largest absolute Gasteiger partial charge is 0.510 e. The normalized spacial score (nSPS) is 25.0. The molecule has 0 bridgehead atoms. The number of nitrogens with two attached hydrogens (primary N) is 1. The fourth-order valence-corrected chi connectivity index (χ4v) is 6.99. The average molecular weight is 591 g/mol. The third kappa shape index (κ3) is 4.77. The molecular weight excluding hydrogens is 552 g/mol. The van der Waals surface area contributed by atoms with E-state index in [1.807, 2.05) is 55.4 Å². The maximum atomic E-state index is 14.1. The summed E-state index contributed by atoms with van der Waals surface area (Å²) in [5.74, 6) is -6.59. The lowest BCUT2D eigenvalue weighted by atomic mass is 9.58. The number of ketones is 2. The Morgan fingerprint density at radius 3 is 2.37 bits per heavy atom. The van der Waals surface area contributed by atoms with Crippen LogP contribution in [0.3, 0.4) is 0 Å². The Balaban J connectivity index is 1.56. The predicted octanol–water partition coefficient (Wildman–Crippen LogP) is 1.52. The van der Waals surface area contributed by atoms with Gasteiger partial charge in [0.15, 0.2) is 11.4 Å². The molecule has 1 unspecified atom stereocenters. The maximum absolute atomic E-state index is 14.1. The second kappa shape index (κ2) is 11.1. The number of anilines is 1. The summed E-state index contributed by atoms with van der Waals surface area (Å²) in [5.41, 5.74) is 4.72. The van der Waals surface area contributed by atoms with Crippen LogP contribution in [0.25, 0.3) is 0 Å². The first kappa shape index (κ1) is 30.3. The molecule has 0 saturated heterocycles. The molecule has 7 N–H and O–H groups in total. The van der Waals surface area contributed by atoms with Gasteiger partial charge in [-0.1, -0.05) is 30.3 Å². The Kier molecular flexibility index (Phi) is 7.84. The van der Waals surface area contributed by atoms with Gasteiger partial charge >= 0.3 is 0 Å². The number of phenols is 1. The minimum Gasteiger partial charge on any atom is -0.510 e. The first-order valence-electron chi connectivity index (χ1n) is 14.2. The summed E-state index contributed by atoms with van der Waals surface area (Å²) in [6.07, 6.45) is 1.05. The third-order valence-corrected chi connectivity index (χ3v) is 9.01. The maximum Gasteiger partial charge on any atom is 0.255 e. The van der Waals surface area contributed by atoms with E-state index in [0.717, 1.165) is 17.7 Å². The Morgan fingerprint density at radius 2 is 1.77 bits per heavy atom. The first-order chi connectivity index (χ1) is 20.3. The molecule has 0 radical (unpaired) electrons. The summed E-state index contributed by atoms with van der Waals surface area (Å²) >= 11 is 0. The number of aliphatic hydroxyl groups is 3. The highest BCUT2D eigenvalue weighted by Gasteiger charge is 2.63. The molecular formula is C32H38N4O7. The van der Waals surface area contributed by atoms with E-state index in [-0.39, 0.29) is 36.3 Å². The van der Waals surface area contributed by atoms with E-state index in [1.54, 1.807) is 14.1 Å². The van der Waals surface area contributed by atoms with Crippen molar-refractivity contribution in [2.45, 2.75) is 37.5 Å². The molecule has 2 aromatic rings. The number of hydrogen-bond donors (Lipinski definition) is 6. The van der Waals surface area contributed by atoms with E-state index in [0.29, 0.717) is 17.7 Å². The van der Waals surface area contributed by atoms with Gasteiger partial charge in [0, 0.05) is 43.4 Å². The topological polar surface area (TPSA) is 177 Å². The minimum absolute atomic E-state index is 0.00633. The molecule has 5 rings (SSSR count). The number of Topliss-reactive ketones (excluding diaryl/α,β-unsaturated/α-hetero) is 2. The lowest BCUT2D eigenvalue weighted by Gasteiger charge is -2.50. The second-order valence-electron chi connectivity index (χ2n) is 12.0. The summed E-state index contributed by atoms with van der Waals surface area (Å²) in [4.78, 5) is 43.2. The number of nitrogens with zero attached hydrogens (tertiary/aromatic N) is 2. The first-order valence-corrected chi connectivity index (χ1v) is 14.2. The number of amides is 1. The number of fused-ring (bicyclic) bond motifs is 3. The van der Waals surface area contributed by atoms with Gasteiger partial charge in [0.05, 0.1) is 11.6 Å². The van der Waals surface area contributed by atoms with E-state index < -0.39 is 58.0 Å². The van der Waals surface area contributed by atoms with Gasteiger partial charge < -0.3 is 36.4 Å². The van der Waals surface area contributed by atoms with E-state index in [9.17, 15) is 34.8 Å².